The van der Waals surface area contributed by atoms with Gasteiger partial charge in [-0.1, -0.05) is 43.3 Å². The van der Waals surface area contributed by atoms with Crippen LogP contribution in [0.3, 0.4) is 0 Å². The molecule has 3 aromatic rings. The van der Waals surface area contributed by atoms with E-state index in [9.17, 15) is 9.59 Å². The highest BCUT2D eigenvalue weighted by molar-refractivity contribution is 6.00. The van der Waals surface area contributed by atoms with Crippen LogP contribution in [0, 0.1) is 12.8 Å². The van der Waals surface area contributed by atoms with Crippen molar-refractivity contribution in [2.24, 2.45) is 5.92 Å². The molecule has 0 bridgehead atoms. The number of benzene rings is 2. The van der Waals surface area contributed by atoms with E-state index in [4.69, 9.17) is 4.42 Å². The van der Waals surface area contributed by atoms with Crippen molar-refractivity contribution in [2.45, 2.75) is 33.2 Å². The van der Waals surface area contributed by atoms with Crippen molar-refractivity contribution in [2.75, 3.05) is 4.90 Å². The maximum absolute atomic E-state index is 13.1. The van der Waals surface area contributed by atoms with Crippen LogP contribution < -0.4 is 10.2 Å². The molecule has 2 aromatic carbocycles. The van der Waals surface area contributed by atoms with Gasteiger partial charge in [0.15, 0.2) is 0 Å². The summed E-state index contributed by atoms with van der Waals surface area (Å²) in [6, 6.07) is 22.8. The maximum atomic E-state index is 13.1. The molecule has 1 heterocycles. The van der Waals surface area contributed by atoms with E-state index in [0.29, 0.717) is 6.54 Å². The molecule has 1 aromatic heterocycles. The van der Waals surface area contributed by atoms with Gasteiger partial charge in [-0.2, -0.15) is 0 Å². The molecule has 5 heteroatoms. The normalized spacial score (nSPS) is 11.7. The van der Waals surface area contributed by atoms with Crippen molar-refractivity contribution >= 4 is 23.2 Å². The van der Waals surface area contributed by atoms with Gasteiger partial charge in [0.2, 0.25) is 11.8 Å². The first kappa shape index (κ1) is 20.4. The van der Waals surface area contributed by atoms with Gasteiger partial charge in [-0.3, -0.25) is 14.5 Å². The number of hydrogen-bond acceptors (Lipinski definition) is 3. The van der Waals surface area contributed by atoms with Gasteiger partial charge in [0.1, 0.15) is 11.5 Å². The summed E-state index contributed by atoms with van der Waals surface area (Å²) >= 11 is 0. The number of aryl methyl sites for hydroxylation is 1. The van der Waals surface area contributed by atoms with Crippen LogP contribution in [0.1, 0.15) is 31.3 Å². The van der Waals surface area contributed by atoms with E-state index in [1.54, 1.807) is 4.90 Å². The van der Waals surface area contributed by atoms with Crippen LogP contribution in [0.4, 0.5) is 11.4 Å². The zero-order chi connectivity index (χ0) is 20.6. The molecule has 150 valence electrons. The van der Waals surface area contributed by atoms with E-state index in [1.807, 2.05) is 86.6 Å². The maximum Gasteiger partial charge on any atom is 0.231 e. The van der Waals surface area contributed by atoms with Crippen molar-refractivity contribution in [3.05, 3.63) is 84.3 Å². The molecule has 0 saturated heterocycles. The Morgan fingerprint density at radius 3 is 2.00 bits per heavy atom. The summed E-state index contributed by atoms with van der Waals surface area (Å²) in [5, 5.41) is 2.85. The number of carbonyl (C=O) groups is 2. The predicted molar refractivity (Wildman–Crippen MR) is 114 cm³/mol. The zero-order valence-electron chi connectivity index (χ0n) is 16.8. The highest BCUT2D eigenvalue weighted by Gasteiger charge is 2.21. The van der Waals surface area contributed by atoms with Gasteiger partial charge in [0.25, 0.3) is 0 Å². The smallest absolute Gasteiger partial charge is 0.231 e. The monoisotopic (exact) mass is 390 g/mol. The van der Waals surface area contributed by atoms with Crippen molar-refractivity contribution in [1.29, 1.82) is 0 Å². The second kappa shape index (κ2) is 9.73. The second-order valence-corrected chi connectivity index (χ2v) is 7.20. The molecule has 0 spiro atoms. The van der Waals surface area contributed by atoms with Crippen molar-refractivity contribution in [3.8, 4) is 0 Å². The predicted octanol–water partition coefficient (Wildman–Crippen LogP) is 4.99. The molecule has 0 fully saturated rings. The average molecular weight is 390 g/mol. The highest BCUT2D eigenvalue weighted by atomic mass is 16.3. The Balaban J connectivity index is 1.60. The van der Waals surface area contributed by atoms with Gasteiger partial charge in [-0.15, -0.1) is 0 Å². The van der Waals surface area contributed by atoms with Crippen LogP contribution >= 0.6 is 0 Å². The molecule has 0 aliphatic carbocycles. The summed E-state index contributed by atoms with van der Waals surface area (Å²) in [7, 11) is 0. The largest absolute Gasteiger partial charge is 0.465 e. The summed E-state index contributed by atoms with van der Waals surface area (Å²) in [6.07, 6.45) is 0.555. The Morgan fingerprint density at radius 2 is 1.48 bits per heavy atom. The summed E-state index contributed by atoms with van der Waals surface area (Å²) < 4.78 is 5.46. The van der Waals surface area contributed by atoms with E-state index in [1.165, 1.54) is 0 Å². The van der Waals surface area contributed by atoms with Gasteiger partial charge >= 0.3 is 0 Å². The Hall–Kier alpha value is -3.34. The van der Waals surface area contributed by atoms with Crippen LogP contribution in [0.5, 0.6) is 0 Å². The van der Waals surface area contributed by atoms with Crippen molar-refractivity contribution in [1.82, 2.24) is 5.32 Å². The van der Waals surface area contributed by atoms with Crippen LogP contribution in [-0.2, 0) is 16.1 Å². The minimum Gasteiger partial charge on any atom is -0.465 e. The van der Waals surface area contributed by atoms with Crippen molar-refractivity contribution < 1.29 is 14.0 Å². The molecule has 1 atom stereocenters. The van der Waals surface area contributed by atoms with Crippen LogP contribution in [0.2, 0.25) is 0 Å². The molecule has 2 amide bonds. The number of para-hydroxylation sites is 2. The lowest BCUT2D eigenvalue weighted by molar-refractivity contribution is -0.122. The van der Waals surface area contributed by atoms with Gasteiger partial charge in [0.05, 0.1) is 6.54 Å². The number of amides is 2. The first-order valence-electron chi connectivity index (χ1n) is 9.78. The SMILES string of the molecule is Cc1ccc(CNC(=O)CC(C)CC(=O)N(c2ccccc2)c2ccccc2)o1. The minimum absolute atomic E-state index is 0.0376. The first-order valence-corrected chi connectivity index (χ1v) is 9.78. The van der Waals surface area contributed by atoms with E-state index < -0.39 is 0 Å². The Labute approximate surface area is 171 Å². The van der Waals surface area contributed by atoms with Gasteiger partial charge in [0, 0.05) is 24.2 Å². The second-order valence-electron chi connectivity index (χ2n) is 7.20. The van der Waals surface area contributed by atoms with Crippen LogP contribution in [-0.4, -0.2) is 11.8 Å². The fourth-order valence-corrected chi connectivity index (χ4v) is 3.21. The third-order valence-corrected chi connectivity index (χ3v) is 4.59. The van der Waals surface area contributed by atoms with Crippen LogP contribution in [0.25, 0.3) is 0 Å². The lowest BCUT2D eigenvalue weighted by Crippen LogP contribution is -2.29. The Bertz CT molecular complexity index is 896. The fourth-order valence-electron chi connectivity index (χ4n) is 3.21. The summed E-state index contributed by atoms with van der Waals surface area (Å²) in [4.78, 5) is 27.1. The highest BCUT2D eigenvalue weighted by Crippen LogP contribution is 2.27. The number of nitrogens with one attached hydrogen (secondary N) is 1. The number of anilines is 2. The third kappa shape index (κ3) is 5.82. The molecule has 1 N–H and O–H groups in total. The molecular weight excluding hydrogens is 364 g/mol. The lowest BCUT2D eigenvalue weighted by Gasteiger charge is -2.24. The number of nitrogens with zero attached hydrogens (tertiary/aromatic N) is 1. The number of rotatable bonds is 8. The van der Waals surface area contributed by atoms with E-state index in [-0.39, 0.29) is 30.6 Å². The zero-order valence-corrected chi connectivity index (χ0v) is 16.8. The topological polar surface area (TPSA) is 62.6 Å². The summed E-state index contributed by atoms with van der Waals surface area (Å²) in [5.41, 5.74) is 1.63. The lowest BCUT2D eigenvalue weighted by atomic mass is 10.0. The molecule has 1 unspecified atom stereocenters. The van der Waals surface area contributed by atoms with E-state index in [0.717, 1.165) is 22.9 Å². The quantitative estimate of drug-likeness (QED) is 0.590. The fraction of sp³-hybridized carbons (Fsp3) is 0.250. The molecule has 29 heavy (non-hydrogen) atoms. The first-order chi connectivity index (χ1) is 14.0. The van der Waals surface area contributed by atoms with E-state index in [2.05, 4.69) is 5.32 Å². The summed E-state index contributed by atoms with van der Waals surface area (Å²) in [5.74, 6) is 1.32. The molecule has 0 saturated carbocycles. The molecule has 0 aliphatic heterocycles. The molecule has 3 rings (SSSR count). The van der Waals surface area contributed by atoms with Gasteiger partial charge in [-0.25, -0.2) is 0 Å². The molecular formula is C24H26N2O3. The molecule has 5 nitrogen and oxygen atoms in total. The Morgan fingerprint density at radius 1 is 0.897 bits per heavy atom. The number of carbonyl (C=O) groups excluding carboxylic acids is 2. The average Bonchev–Trinajstić information content (AvgIpc) is 3.13. The van der Waals surface area contributed by atoms with Crippen LogP contribution in [0.15, 0.2) is 77.2 Å². The minimum atomic E-state index is -0.0923. The third-order valence-electron chi connectivity index (χ3n) is 4.59. The standard InChI is InChI=1S/C24H26N2O3/c1-18(15-23(27)25-17-22-14-13-19(2)29-22)16-24(28)26(20-9-5-3-6-10-20)21-11-7-4-8-12-21/h3-14,18H,15-17H2,1-2H3,(H,25,27). The molecule has 0 aliphatic rings. The van der Waals surface area contributed by atoms with E-state index >= 15 is 0 Å². The number of furan rings is 1. The van der Waals surface area contributed by atoms with Gasteiger partial charge < -0.3 is 9.73 Å². The number of hydrogen-bond donors (Lipinski definition) is 1. The Kier molecular flexibility index (Phi) is 6.85. The molecule has 0 radical (unpaired) electrons. The van der Waals surface area contributed by atoms with Gasteiger partial charge in [-0.05, 0) is 49.2 Å². The van der Waals surface area contributed by atoms with Crippen molar-refractivity contribution in [3.63, 3.8) is 0 Å². The summed E-state index contributed by atoms with van der Waals surface area (Å²) in [6.45, 7) is 4.14.